The van der Waals surface area contributed by atoms with E-state index in [0.29, 0.717) is 18.8 Å². The van der Waals surface area contributed by atoms with Crippen LogP contribution in [-0.4, -0.2) is 31.7 Å². The van der Waals surface area contributed by atoms with Gasteiger partial charge in [-0.25, -0.2) is 8.42 Å². The molecule has 8 heteroatoms. The van der Waals surface area contributed by atoms with Crippen molar-refractivity contribution >= 4 is 50.6 Å². The van der Waals surface area contributed by atoms with E-state index in [4.69, 9.17) is 11.6 Å². The van der Waals surface area contributed by atoms with Crippen molar-refractivity contribution in [1.29, 1.82) is 0 Å². The number of nitrogens with zero attached hydrogens (tertiary/aromatic N) is 1. The third-order valence-corrected chi connectivity index (χ3v) is 6.83. The summed E-state index contributed by atoms with van der Waals surface area (Å²) >= 11 is 7.59. The molecule has 0 unspecified atom stereocenters. The summed E-state index contributed by atoms with van der Waals surface area (Å²) in [6.45, 7) is 4.20. The summed E-state index contributed by atoms with van der Waals surface area (Å²) in [6, 6.07) is 8.21. The molecule has 0 aliphatic rings. The molecule has 0 aliphatic carbocycles. The van der Waals surface area contributed by atoms with Crippen molar-refractivity contribution in [3.8, 4) is 0 Å². The first kappa shape index (κ1) is 19.7. The van der Waals surface area contributed by atoms with E-state index in [0.717, 1.165) is 4.88 Å². The van der Waals surface area contributed by atoms with Crippen LogP contribution < -0.4 is 5.32 Å². The van der Waals surface area contributed by atoms with Crippen LogP contribution in [0.1, 0.15) is 18.7 Å². The topological polar surface area (TPSA) is 66.5 Å². The van der Waals surface area contributed by atoms with Crippen molar-refractivity contribution in [2.75, 3.05) is 18.4 Å². The van der Waals surface area contributed by atoms with Gasteiger partial charge in [-0.3, -0.25) is 4.79 Å². The van der Waals surface area contributed by atoms with E-state index in [9.17, 15) is 13.2 Å². The van der Waals surface area contributed by atoms with Gasteiger partial charge in [0.25, 0.3) is 0 Å². The Morgan fingerprint density at radius 2 is 2.00 bits per heavy atom. The second-order valence-corrected chi connectivity index (χ2v) is 8.37. The number of benzene rings is 1. The second kappa shape index (κ2) is 8.62. The van der Waals surface area contributed by atoms with Crippen molar-refractivity contribution in [2.24, 2.45) is 0 Å². The number of halogens is 1. The van der Waals surface area contributed by atoms with Crippen LogP contribution >= 0.6 is 22.9 Å². The average molecular weight is 399 g/mol. The number of carbonyl (C=O) groups is 1. The van der Waals surface area contributed by atoms with Crippen LogP contribution in [-0.2, 0) is 14.8 Å². The van der Waals surface area contributed by atoms with Crippen LogP contribution in [0.25, 0.3) is 6.08 Å². The molecule has 5 nitrogen and oxygen atoms in total. The first-order valence-electron chi connectivity index (χ1n) is 7.70. The fraction of sp³-hybridized carbons (Fsp3) is 0.235. The molecule has 0 atom stereocenters. The highest BCUT2D eigenvalue weighted by molar-refractivity contribution is 7.89. The first-order valence-corrected chi connectivity index (χ1v) is 10.4. The molecular weight excluding hydrogens is 380 g/mol. The van der Waals surface area contributed by atoms with Gasteiger partial charge in [-0.1, -0.05) is 31.5 Å². The predicted molar refractivity (Wildman–Crippen MR) is 104 cm³/mol. The lowest BCUT2D eigenvalue weighted by Crippen LogP contribution is -2.30. The number of rotatable bonds is 7. The molecule has 1 aromatic carbocycles. The molecule has 1 heterocycles. The molecule has 25 heavy (non-hydrogen) atoms. The SMILES string of the molecule is CCN(CC)S(=O)(=O)c1cc(NC(=O)C=Cc2cccs2)ccc1Cl. The summed E-state index contributed by atoms with van der Waals surface area (Å²) in [5.74, 6) is -0.345. The van der Waals surface area contributed by atoms with E-state index < -0.39 is 10.0 Å². The largest absolute Gasteiger partial charge is 0.322 e. The standard InChI is InChI=1S/C17H19ClN2O3S2/c1-3-20(4-2)25(22,23)16-12-13(7-9-15(16)18)19-17(21)10-8-14-6-5-11-24-14/h5-12H,3-4H2,1-2H3,(H,19,21). The second-order valence-electron chi connectivity index (χ2n) is 5.07. The number of hydrogen-bond donors (Lipinski definition) is 1. The minimum Gasteiger partial charge on any atom is -0.322 e. The van der Waals surface area contributed by atoms with Crippen LogP contribution in [0.2, 0.25) is 5.02 Å². The van der Waals surface area contributed by atoms with Gasteiger partial charge in [-0.05, 0) is 35.7 Å². The lowest BCUT2D eigenvalue weighted by atomic mass is 10.3. The number of anilines is 1. The third-order valence-electron chi connectivity index (χ3n) is 3.46. The van der Waals surface area contributed by atoms with E-state index in [-0.39, 0.29) is 15.8 Å². The predicted octanol–water partition coefficient (Wildman–Crippen LogP) is 4.08. The Balaban J connectivity index is 2.22. The molecule has 1 aromatic heterocycles. The number of nitrogens with one attached hydrogen (secondary N) is 1. The molecule has 0 saturated heterocycles. The van der Waals surface area contributed by atoms with Gasteiger partial charge in [0.2, 0.25) is 15.9 Å². The van der Waals surface area contributed by atoms with E-state index in [2.05, 4.69) is 5.32 Å². The molecule has 2 rings (SSSR count). The molecular formula is C17H19ClN2O3S2. The number of sulfonamides is 1. The Bertz CT molecular complexity index is 858. The molecule has 0 radical (unpaired) electrons. The molecule has 1 N–H and O–H groups in total. The molecule has 0 bridgehead atoms. The lowest BCUT2D eigenvalue weighted by Gasteiger charge is -2.19. The maximum absolute atomic E-state index is 12.7. The van der Waals surface area contributed by atoms with Crippen LogP contribution in [0, 0.1) is 0 Å². The summed E-state index contributed by atoms with van der Waals surface area (Å²) in [7, 11) is -3.70. The van der Waals surface area contributed by atoms with Crippen molar-refractivity contribution in [1.82, 2.24) is 4.31 Å². The molecule has 2 aromatic rings. The van der Waals surface area contributed by atoms with Crippen molar-refractivity contribution in [2.45, 2.75) is 18.7 Å². The highest BCUT2D eigenvalue weighted by Gasteiger charge is 2.24. The maximum Gasteiger partial charge on any atom is 0.248 e. The summed E-state index contributed by atoms with van der Waals surface area (Å²) in [5, 5.41) is 4.70. The minimum absolute atomic E-state index is 0.0158. The first-order chi connectivity index (χ1) is 11.9. The van der Waals surface area contributed by atoms with Crippen molar-refractivity contribution < 1.29 is 13.2 Å². The van der Waals surface area contributed by atoms with Gasteiger partial charge in [0, 0.05) is 29.7 Å². The summed E-state index contributed by atoms with van der Waals surface area (Å²) in [5.41, 5.74) is 0.371. The van der Waals surface area contributed by atoms with Gasteiger partial charge in [0.05, 0.1) is 5.02 Å². The highest BCUT2D eigenvalue weighted by Crippen LogP contribution is 2.27. The third kappa shape index (κ3) is 4.92. The zero-order valence-corrected chi connectivity index (χ0v) is 16.3. The van der Waals surface area contributed by atoms with Crippen LogP contribution in [0.4, 0.5) is 5.69 Å². The van der Waals surface area contributed by atoms with Gasteiger partial charge < -0.3 is 5.32 Å². The van der Waals surface area contributed by atoms with Crippen LogP contribution in [0.5, 0.6) is 0 Å². The van der Waals surface area contributed by atoms with Crippen molar-refractivity contribution in [3.05, 3.63) is 51.7 Å². The fourth-order valence-corrected chi connectivity index (χ4v) is 4.79. The number of hydrogen-bond acceptors (Lipinski definition) is 4. The molecule has 0 saturated carbocycles. The van der Waals surface area contributed by atoms with Crippen LogP contribution in [0.3, 0.4) is 0 Å². The monoisotopic (exact) mass is 398 g/mol. The van der Waals surface area contributed by atoms with E-state index in [1.54, 1.807) is 26.0 Å². The Hall–Kier alpha value is -1.67. The molecule has 134 valence electrons. The Morgan fingerprint density at radius 1 is 1.28 bits per heavy atom. The van der Waals surface area contributed by atoms with Crippen molar-refractivity contribution in [3.63, 3.8) is 0 Å². The molecule has 1 amide bonds. The summed E-state index contributed by atoms with van der Waals surface area (Å²) < 4.78 is 26.6. The quantitative estimate of drug-likeness (QED) is 0.714. The Morgan fingerprint density at radius 3 is 2.60 bits per heavy atom. The van der Waals surface area contributed by atoms with E-state index in [1.807, 2.05) is 17.5 Å². The van der Waals surface area contributed by atoms with Gasteiger partial charge in [-0.15, -0.1) is 11.3 Å². The zero-order valence-electron chi connectivity index (χ0n) is 13.9. The number of amides is 1. The van der Waals surface area contributed by atoms with Gasteiger partial charge in [0.15, 0.2) is 0 Å². The van der Waals surface area contributed by atoms with Gasteiger partial charge in [0.1, 0.15) is 4.90 Å². The Labute approximate surface area is 157 Å². The van der Waals surface area contributed by atoms with Gasteiger partial charge in [-0.2, -0.15) is 4.31 Å². The average Bonchev–Trinajstić information content (AvgIpc) is 3.09. The maximum atomic E-state index is 12.7. The van der Waals surface area contributed by atoms with E-state index >= 15 is 0 Å². The van der Waals surface area contributed by atoms with E-state index in [1.165, 1.54) is 33.9 Å². The molecule has 0 fully saturated rings. The number of carbonyl (C=O) groups excluding carboxylic acids is 1. The number of thiophene rings is 1. The smallest absolute Gasteiger partial charge is 0.248 e. The summed E-state index contributed by atoms with van der Waals surface area (Å²) in [6.07, 6.45) is 3.10. The zero-order chi connectivity index (χ0) is 18.4. The lowest BCUT2D eigenvalue weighted by molar-refractivity contribution is -0.111. The normalized spacial score (nSPS) is 12.0. The van der Waals surface area contributed by atoms with Gasteiger partial charge >= 0.3 is 0 Å². The van der Waals surface area contributed by atoms with Crippen LogP contribution in [0.15, 0.2) is 46.7 Å². The molecule has 0 spiro atoms. The summed E-state index contributed by atoms with van der Waals surface area (Å²) in [4.78, 5) is 13.0. The fourth-order valence-electron chi connectivity index (χ4n) is 2.21. The molecule has 0 aliphatic heterocycles. The highest BCUT2D eigenvalue weighted by atomic mass is 35.5. The Kier molecular flexibility index (Phi) is 6.78. The minimum atomic E-state index is -3.70.